The third kappa shape index (κ3) is 6.80. The average molecular weight is 440 g/mol. The monoisotopic (exact) mass is 439 g/mol. The molecule has 0 saturated carbocycles. The van der Waals surface area contributed by atoms with Gasteiger partial charge in [0, 0.05) is 12.8 Å². The fourth-order valence-corrected chi connectivity index (χ4v) is 3.59. The van der Waals surface area contributed by atoms with Gasteiger partial charge in [-0.25, -0.2) is 4.79 Å². The van der Waals surface area contributed by atoms with E-state index < -0.39 is 41.8 Å². The maximum atomic E-state index is 12.9. The van der Waals surface area contributed by atoms with Crippen molar-refractivity contribution >= 4 is 23.7 Å². The standard InChI is InChI=1S/C24H29N3O5/c1-16-22(29)27-20(15-18-10-6-3-7-11-18)24(31)32-13-12-21(28)26-19(23(30)25-16)14-17-8-4-2-5-9-17/h3-4,6-11,16,19-20H,2,5,12-15H2,1H3,(H,25,30)(H,26,28)(H,27,29)/t16-,19-,20-/m1/s1. The van der Waals surface area contributed by atoms with E-state index >= 15 is 0 Å². The number of benzene rings is 1. The van der Waals surface area contributed by atoms with Crippen molar-refractivity contribution in [1.29, 1.82) is 0 Å². The molecule has 1 saturated heterocycles. The topological polar surface area (TPSA) is 114 Å². The number of rotatable bonds is 4. The molecule has 0 radical (unpaired) electrons. The molecule has 1 heterocycles. The van der Waals surface area contributed by atoms with E-state index in [1.165, 1.54) is 6.92 Å². The Hall–Kier alpha value is -3.42. The first-order valence-electron chi connectivity index (χ1n) is 10.9. The third-order valence-corrected chi connectivity index (χ3v) is 5.37. The number of ether oxygens (including phenoxy) is 1. The normalized spacial score (nSPS) is 25.2. The van der Waals surface area contributed by atoms with Gasteiger partial charge >= 0.3 is 5.97 Å². The Morgan fingerprint density at radius 3 is 2.41 bits per heavy atom. The summed E-state index contributed by atoms with van der Waals surface area (Å²) in [6, 6.07) is 6.57. The van der Waals surface area contributed by atoms with Gasteiger partial charge in [0.1, 0.15) is 24.7 Å². The molecule has 3 rings (SSSR count). The van der Waals surface area contributed by atoms with Gasteiger partial charge in [0.05, 0.1) is 6.42 Å². The molecule has 3 atom stereocenters. The molecule has 32 heavy (non-hydrogen) atoms. The summed E-state index contributed by atoms with van der Waals surface area (Å²) in [5.41, 5.74) is 1.80. The lowest BCUT2D eigenvalue weighted by Crippen LogP contribution is -2.54. The van der Waals surface area contributed by atoms with Crippen molar-refractivity contribution in [3.8, 4) is 0 Å². The van der Waals surface area contributed by atoms with Gasteiger partial charge in [0.2, 0.25) is 17.7 Å². The number of hydrogen-bond donors (Lipinski definition) is 3. The van der Waals surface area contributed by atoms with Crippen molar-refractivity contribution in [1.82, 2.24) is 16.0 Å². The van der Waals surface area contributed by atoms with Crippen molar-refractivity contribution in [2.24, 2.45) is 0 Å². The summed E-state index contributed by atoms with van der Waals surface area (Å²) in [5, 5.41) is 8.04. The summed E-state index contributed by atoms with van der Waals surface area (Å²) in [7, 11) is 0. The second kappa shape index (κ2) is 11.3. The van der Waals surface area contributed by atoms with E-state index in [-0.39, 0.29) is 19.4 Å². The Kier molecular flexibility index (Phi) is 8.19. The molecule has 0 unspecified atom stereocenters. The first-order chi connectivity index (χ1) is 15.4. The van der Waals surface area contributed by atoms with Gasteiger partial charge in [-0.15, -0.1) is 0 Å². The Labute approximate surface area is 187 Å². The van der Waals surface area contributed by atoms with E-state index in [2.05, 4.69) is 16.0 Å². The Morgan fingerprint density at radius 2 is 1.69 bits per heavy atom. The third-order valence-electron chi connectivity index (χ3n) is 5.37. The zero-order valence-electron chi connectivity index (χ0n) is 18.1. The highest BCUT2D eigenvalue weighted by atomic mass is 16.5. The lowest BCUT2D eigenvalue weighted by atomic mass is 9.99. The smallest absolute Gasteiger partial charge is 0.328 e. The predicted molar refractivity (Wildman–Crippen MR) is 118 cm³/mol. The molecule has 8 heteroatoms. The summed E-state index contributed by atoms with van der Waals surface area (Å²) in [5.74, 6) is -1.98. The van der Waals surface area contributed by atoms with Crippen LogP contribution in [0.3, 0.4) is 0 Å². The summed E-state index contributed by atoms with van der Waals surface area (Å²) < 4.78 is 5.26. The quantitative estimate of drug-likeness (QED) is 0.613. The molecular formula is C24H29N3O5. The van der Waals surface area contributed by atoms with Crippen LogP contribution in [0.2, 0.25) is 0 Å². The van der Waals surface area contributed by atoms with Gasteiger partial charge < -0.3 is 20.7 Å². The van der Waals surface area contributed by atoms with E-state index in [4.69, 9.17) is 4.74 Å². The van der Waals surface area contributed by atoms with Crippen LogP contribution in [-0.4, -0.2) is 48.4 Å². The fourth-order valence-electron chi connectivity index (χ4n) is 3.59. The number of cyclic esters (lactones) is 1. The van der Waals surface area contributed by atoms with Crippen molar-refractivity contribution in [3.05, 3.63) is 59.7 Å². The molecule has 3 amide bonds. The van der Waals surface area contributed by atoms with E-state index in [1.54, 1.807) is 0 Å². The summed E-state index contributed by atoms with van der Waals surface area (Å²) in [6.07, 6.45) is 8.30. The summed E-state index contributed by atoms with van der Waals surface area (Å²) in [4.78, 5) is 50.6. The highest BCUT2D eigenvalue weighted by Gasteiger charge is 2.29. The van der Waals surface area contributed by atoms with Gasteiger partial charge in [-0.2, -0.15) is 0 Å². The van der Waals surface area contributed by atoms with E-state index in [0.29, 0.717) is 6.42 Å². The van der Waals surface area contributed by atoms with Gasteiger partial charge in [-0.05, 0) is 30.9 Å². The average Bonchev–Trinajstić information content (AvgIpc) is 2.79. The molecule has 1 fully saturated rings. The number of hydrogen-bond acceptors (Lipinski definition) is 5. The minimum Gasteiger partial charge on any atom is -0.464 e. The van der Waals surface area contributed by atoms with Crippen LogP contribution in [0.5, 0.6) is 0 Å². The van der Waals surface area contributed by atoms with Crippen molar-refractivity contribution in [2.75, 3.05) is 6.61 Å². The van der Waals surface area contributed by atoms with Gasteiger partial charge in [-0.1, -0.05) is 48.6 Å². The van der Waals surface area contributed by atoms with Crippen LogP contribution in [0, 0.1) is 0 Å². The molecule has 170 valence electrons. The molecule has 0 aromatic heterocycles. The van der Waals surface area contributed by atoms with E-state index in [1.807, 2.05) is 48.6 Å². The van der Waals surface area contributed by atoms with Crippen LogP contribution < -0.4 is 16.0 Å². The van der Waals surface area contributed by atoms with E-state index in [0.717, 1.165) is 24.0 Å². The lowest BCUT2D eigenvalue weighted by Gasteiger charge is -2.23. The van der Waals surface area contributed by atoms with E-state index in [9.17, 15) is 19.2 Å². The molecule has 1 aromatic rings. The highest BCUT2D eigenvalue weighted by molar-refractivity contribution is 5.94. The first-order valence-corrected chi connectivity index (χ1v) is 10.9. The maximum absolute atomic E-state index is 12.9. The van der Waals surface area contributed by atoms with Gasteiger partial charge in [0.25, 0.3) is 0 Å². The lowest BCUT2D eigenvalue weighted by molar-refractivity contribution is -0.148. The minimum absolute atomic E-state index is 0.0774. The summed E-state index contributed by atoms with van der Waals surface area (Å²) in [6.45, 7) is 1.40. The second-order valence-electron chi connectivity index (χ2n) is 7.98. The van der Waals surface area contributed by atoms with Gasteiger partial charge in [0.15, 0.2) is 0 Å². The number of nitrogens with one attached hydrogen (secondary N) is 3. The number of esters is 1. The van der Waals surface area contributed by atoms with Crippen LogP contribution in [0.4, 0.5) is 0 Å². The number of carbonyl (C=O) groups is 4. The SMILES string of the molecule is C[C@H]1NC(=O)[C@@H](CC2=CCCC=C2)NC(=O)CCOC(=O)[C@@H](Cc2ccccc2)NC1=O. The molecule has 2 aliphatic rings. The summed E-state index contributed by atoms with van der Waals surface area (Å²) >= 11 is 0. The van der Waals surface area contributed by atoms with Crippen LogP contribution in [-0.2, 0) is 30.3 Å². The minimum atomic E-state index is -0.929. The number of allylic oxidation sites excluding steroid dienone is 3. The highest BCUT2D eigenvalue weighted by Crippen LogP contribution is 2.16. The molecular weight excluding hydrogens is 410 g/mol. The van der Waals surface area contributed by atoms with Crippen molar-refractivity contribution in [2.45, 2.75) is 57.2 Å². The molecule has 8 nitrogen and oxygen atoms in total. The zero-order valence-corrected chi connectivity index (χ0v) is 18.1. The van der Waals surface area contributed by atoms with Crippen molar-refractivity contribution in [3.63, 3.8) is 0 Å². The van der Waals surface area contributed by atoms with Gasteiger partial charge in [-0.3, -0.25) is 14.4 Å². The predicted octanol–water partition coefficient (Wildman–Crippen LogP) is 1.32. The van der Waals surface area contributed by atoms with Crippen LogP contribution >= 0.6 is 0 Å². The van der Waals surface area contributed by atoms with Crippen LogP contribution in [0.1, 0.15) is 38.2 Å². The van der Waals surface area contributed by atoms with Crippen LogP contribution in [0.25, 0.3) is 0 Å². The second-order valence-corrected chi connectivity index (χ2v) is 7.98. The molecule has 1 aliphatic carbocycles. The largest absolute Gasteiger partial charge is 0.464 e. The number of amides is 3. The molecule has 3 N–H and O–H groups in total. The molecule has 0 spiro atoms. The maximum Gasteiger partial charge on any atom is 0.328 e. The number of carbonyl (C=O) groups excluding carboxylic acids is 4. The molecule has 1 aliphatic heterocycles. The Morgan fingerprint density at radius 1 is 0.906 bits per heavy atom. The first kappa shape index (κ1) is 23.2. The Balaban J connectivity index is 1.75. The Bertz CT molecular complexity index is 909. The fraction of sp³-hybridized carbons (Fsp3) is 0.417. The zero-order chi connectivity index (χ0) is 22.9. The van der Waals surface area contributed by atoms with Crippen LogP contribution in [0.15, 0.2) is 54.1 Å². The van der Waals surface area contributed by atoms with Crippen molar-refractivity contribution < 1.29 is 23.9 Å². The molecule has 0 bridgehead atoms. The molecule has 1 aromatic carbocycles.